The van der Waals surface area contributed by atoms with Crippen LogP contribution >= 0.6 is 0 Å². The molecular weight excluding hydrogens is 380 g/mol. The van der Waals surface area contributed by atoms with Gasteiger partial charge in [-0.15, -0.1) is 0 Å². The Morgan fingerprint density at radius 1 is 1.07 bits per heavy atom. The van der Waals surface area contributed by atoms with Gasteiger partial charge in [0.15, 0.2) is 6.61 Å². The molecule has 2 aromatic carbocycles. The van der Waals surface area contributed by atoms with E-state index in [0.29, 0.717) is 5.69 Å². The van der Waals surface area contributed by atoms with Crippen molar-refractivity contribution in [2.45, 2.75) is 40.0 Å². The van der Waals surface area contributed by atoms with E-state index in [-0.39, 0.29) is 25.5 Å². The van der Waals surface area contributed by atoms with Crippen molar-refractivity contribution in [3.63, 3.8) is 0 Å². The highest BCUT2D eigenvalue weighted by Gasteiger charge is 2.37. The Balaban J connectivity index is 1.62. The van der Waals surface area contributed by atoms with Gasteiger partial charge in [0.2, 0.25) is 5.91 Å². The average molecular weight is 408 g/mol. The lowest BCUT2D eigenvalue weighted by Gasteiger charge is -2.23. The van der Waals surface area contributed by atoms with Gasteiger partial charge >= 0.3 is 5.97 Å². The second kappa shape index (κ2) is 9.57. The summed E-state index contributed by atoms with van der Waals surface area (Å²) in [6.45, 7) is 5.90. The van der Waals surface area contributed by atoms with Crippen molar-refractivity contribution >= 4 is 29.2 Å². The number of carbonyl (C=O) groups excluding carboxylic acids is 3. The standard InChI is InChI=1S/C24H28N2O4/c1-4-17-10-8-11-18(5-2)23(17)26-14-19(13-22(26)28)24(29)30-15-21(27)25-20-12-7-6-9-16(20)3/h6-12,19H,4-5,13-15H2,1-3H3,(H,25,27)/t19-/m1/s1. The molecule has 6 heteroatoms. The number of ether oxygens (including phenoxy) is 1. The Kier molecular flexibility index (Phi) is 6.87. The molecule has 1 aliphatic heterocycles. The van der Waals surface area contributed by atoms with Crippen molar-refractivity contribution in [1.29, 1.82) is 0 Å². The van der Waals surface area contributed by atoms with Crippen LogP contribution in [0.1, 0.15) is 37.0 Å². The predicted octanol–water partition coefficient (Wildman–Crippen LogP) is 3.65. The van der Waals surface area contributed by atoms with E-state index in [0.717, 1.165) is 35.2 Å². The molecule has 0 unspecified atom stereocenters. The van der Waals surface area contributed by atoms with Gasteiger partial charge in [0.05, 0.1) is 5.92 Å². The van der Waals surface area contributed by atoms with Crippen LogP contribution in [0.3, 0.4) is 0 Å². The molecule has 0 spiro atoms. The minimum atomic E-state index is -0.571. The minimum Gasteiger partial charge on any atom is -0.455 e. The van der Waals surface area contributed by atoms with Crippen LogP contribution in [0.2, 0.25) is 0 Å². The lowest BCUT2D eigenvalue weighted by atomic mass is 10.0. The molecule has 158 valence electrons. The van der Waals surface area contributed by atoms with E-state index in [9.17, 15) is 14.4 Å². The second-order valence-electron chi connectivity index (χ2n) is 7.51. The van der Waals surface area contributed by atoms with Crippen molar-refractivity contribution in [1.82, 2.24) is 0 Å². The SMILES string of the molecule is CCc1cccc(CC)c1N1C[C@H](C(=O)OCC(=O)Nc2ccccc2C)CC1=O. The topological polar surface area (TPSA) is 75.7 Å². The van der Waals surface area contributed by atoms with Gasteiger partial charge in [0.1, 0.15) is 0 Å². The lowest BCUT2D eigenvalue weighted by molar-refractivity contribution is -0.151. The van der Waals surface area contributed by atoms with E-state index in [1.54, 1.807) is 11.0 Å². The molecule has 1 saturated heterocycles. The number of nitrogens with zero attached hydrogens (tertiary/aromatic N) is 1. The number of hydrogen-bond donors (Lipinski definition) is 1. The van der Waals surface area contributed by atoms with Crippen LogP contribution in [0, 0.1) is 12.8 Å². The van der Waals surface area contributed by atoms with Crippen LogP contribution in [0.5, 0.6) is 0 Å². The fourth-order valence-electron chi connectivity index (χ4n) is 3.80. The molecule has 0 bridgehead atoms. The average Bonchev–Trinajstić information content (AvgIpc) is 3.14. The zero-order valence-corrected chi connectivity index (χ0v) is 17.7. The fourth-order valence-corrected chi connectivity index (χ4v) is 3.80. The van der Waals surface area contributed by atoms with E-state index >= 15 is 0 Å². The van der Waals surface area contributed by atoms with Crippen molar-refractivity contribution in [3.05, 3.63) is 59.2 Å². The van der Waals surface area contributed by atoms with Crippen LogP contribution in [-0.4, -0.2) is 30.9 Å². The molecule has 6 nitrogen and oxygen atoms in total. The summed E-state index contributed by atoms with van der Waals surface area (Å²) in [5.41, 5.74) is 4.71. The first kappa shape index (κ1) is 21.6. The Labute approximate surface area is 177 Å². The summed E-state index contributed by atoms with van der Waals surface area (Å²) >= 11 is 0. The normalized spacial score (nSPS) is 15.9. The number of nitrogens with one attached hydrogen (secondary N) is 1. The molecule has 1 N–H and O–H groups in total. The summed E-state index contributed by atoms with van der Waals surface area (Å²) in [4.78, 5) is 39.0. The third kappa shape index (κ3) is 4.70. The van der Waals surface area contributed by atoms with Crippen LogP contribution in [-0.2, 0) is 32.0 Å². The van der Waals surface area contributed by atoms with E-state index in [4.69, 9.17) is 4.74 Å². The Morgan fingerprint density at radius 2 is 1.73 bits per heavy atom. The van der Waals surface area contributed by atoms with Crippen LogP contribution in [0.4, 0.5) is 11.4 Å². The largest absolute Gasteiger partial charge is 0.455 e. The van der Waals surface area contributed by atoms with Gasteiger partial charge in [0.25, 0.3) is 5.91 Å². The predicted molar refractivity (Wildman–Crippen MR) is 116 cm³/mol. The highest BCUT2D eigenvalue weighted by atomic mass is 16.5. The number of para-hydroxylation sites is 2. The summed E-state index contributed by atoms with van der Waals surface area (Å²) in [7, 11) is 0. The van der Waals surface area contributed by atoms with Gasteiger partial charge in [-0.3, -0.25) is 14.4 Å². The Hall–Kier alpha value is -3.15. The fraction of sp³-hybridized carbons (Fsp3) is 0.375. The molecule has 0 aromatic heterocycles. The highest BCUT2D eigenvalue weighted by molar-refractivity contribution is 6.01. The zero-order valence-electron chi connectivity index (χ0n) is 17.7. The van der Waals surface area contributed by atoms with Crippen molar-refractivity contribution in [2.24, 2.45) is 5.92 Å². The van der Waals surface area contributed by atoms with Crippen LogP contribution in [0.25, 0.3) is 0 Å². The zero-order chi connectivity index (χ0) is 21.7. The summed E-state index contributed by atoms with van der Waals surface area (Å²) in [6, 6.07) is 13.4. The van der Waals surface area contributed by atoms with E-state index in [1.165, 1.54) is 0 Å². The third-order valence-corrected chi connectivity index (χ3v) is 5.46. The number of carbonyl (C=O) groups is 3. The molecule has 0 radical (unpaired) electrons. The number of benzene rings is 2. The van der Waals surface area contributed by atoms with Gasteiger partial charge in [-0.25, -0.2) is 0 Å². The van der Waals surface area contributed by atoms with E-state index in [2.05, 4.69) is 19.2 Å². The quantitative estimate of drug-likeness (QED) is 0.710. The first-order chi connectivity index (χ1) is 14.4. The Morgan fingerprint density at radius 3 is 2.37 bits per heavy atom. The lowest BCUT2D eigenvalue weighted by Crippen LogP contribution is -2.29. The molecule has 0 aliphatic carbocycles. The molecule has 2 aromatic rings. The summed E-state index contributed by atoms with van der Waals surface area (Å²) < 4.78 is 5.22. The first-order valence-corrected chi connectivity index (χ1v) is 10.4. The molecule has 1 heterocycles. The molecule has 0 saturated carbocycles. The molecule has 2 amide bonds. The number of hydrogen-bond acceptors (Lipinski definition) is 4. The van der Waals surface area contributed by atoms with Gasteiger partial charge in [-0.2, -0.15) is 0 Å². The molecule has 1 fully saturated rings. The molecule has 1 aliphatic rings. The summed E-state index contributed by atoms with van der Waals surface area (Å²) in [5.74, 6) is -1.57. The van der Waals surface area contributed by atoms with Gasteiger partial charge in [-0.05, 0) is 42.5 Å². The maximum absolute atomic E-state index is 12.7. The van der Waals surface area contributed by atoms with Gasteiger partial charge < -0.3 is 15.0 Å². The Bertz CT molecular complexity index is 932. The monoisotopic (exact) mass is 408 g/mol. The number of anilines is 2. The van der Waals surface area contributed by atoms with E-state index < -0.39 is 17.8 Å². The molecular formula is C24H28N2O4. The second-order valence-corrected chi connectivity index (χ2v) is 7.51. The molecule has 30 heavy (non-hydrogen) atoms. The van der Waals surface area contributed by atoms with Crippen molar-refractivity contribution in [3.8, 4) is 0 Å². The maximum Gasteiger partial charge on any atom is 0.311 e. The van der Waals surface area contributed by atoms with Crippen LogP contribution in [0.15, 0.2) is 42.5 Å². The van der Waals surface area contributed by atoms with Crippen molar-refractivity contribution < 1.29 is 19.1 Å². The van der Waals surface area contributed by atoms with Crippen molar-refractivity contribution in [2.75, 3.05) is 23.4 Å². The van der Waals surface area contributed by atoms with Crippen LogP contribution < -0.4 is 10.2 Å². The highest BCUT2D eigenvalue weighted by Crippen LogP contribution is 2.32. The number of aryl methyl sites for hydroxylation is 3. The smallest absolute Gasteiger partial charge is 0.311 e. The number of esters is 1. The number of amides is 2. The summed E-state index contributed by atoms with van der Waals surface area (Å²) in [6.07, 6.45) is 1.71. The first-order valence-electron chi connectivity index (χ1n) is 10.4. The molecule has 1 atom stereocenters. The third-order valence-electron chi connectivity index (χ3n) is 5.46. The maximum atomic E-state index is 12.7. The number of rotatable bonds is 7. The minimum absolute atomic E-state index is 0.0862. The van der Waals surface area contributed by atoms with Gasteiger partial charge in [-0.1, -0.05) is 50.2 Å². The van der Waals surface area contributed by atoms with Gasteiger partial charge in [0, 0.05) is 24.3 Å². The molecule has 3 rings (SSSR count). The van der Waals surface area contributed by atoms with E-state index in [1.807, 2.05) is 43.3 Å². The summed E-state index contributed by atoms with van der Waals surface area (Å²) in [5, 5.41) is 2.74.